The molecule has 2 aromatic carbocycles. The van der Waals surface area contributed by atoms with Crippen molar-refractivity contribution in [3.63, 3.8) is 0 Å². The van der Waals surface area contributed by atoms with Gasteiger partial charge in [-0.25, -0.2) is 13.6 Å². The van der Waals surface area contributed by atoms with Crippen molar-refractivity contribution in [3.8, 4) is 0 Å². The lowest BCUT2D eigenvalue weighted by molar-refractivity contribution is -0.200. The molecule has 2 aliphatic carbocycles. The number of halogens is 5. The van der Waals surface area contributed by atoms with E-state index in [1.165, 1.54) is 24.9 Å². The Hall–Kier alpha value is -4.03. The van der Waals surface area contributed by atoms with Crippen LogP contribution in [0.2, 0.25) is 0 Å². The largest absolute Gasteiger partial charge is 0.403 e. The summed E-state index contributed by atoms with van der Waals surface area (Å²) < 4.78 is 69.8. The molecule has 1 heterocycles. The molecule has 3 aliphatic rings. The number of nitrogens with one attached hydrogen (secondary N) is 2. The molecule has 0 bridgehead atoms. The van der Waals surface area contributed by atoms with Gasteiger partial charge >= 0.3 is 12.2 Å². The Bertz CT molecular complexity index is 1440. The summed E-state index contributed by atoms with van der Waals surface area (Å²) in [5.74, 6) is -4.46. The van der Waals surface area contributed by atoms with Crippen LogP contribution in [0.25, 0.3) is 0 Å². The number of urea groups is 1. The summed E-state index contributed by atoms with van der Waals surface area (Å²) in [6, 6.07) is 5.30. The third kappa shape index (κ3) is 4.37. The molecule has 1 saturated heterocycles. The maximum Gasteiger partial charge on any atom is 0.403 e. The number of anilines is 1. The van der Waals surface area contributed by atoms with Gasteiger partial charge in [-0.15, -0.1) is 0 Å². The number of alkyl halides is 3. The third-order valence-corrected chi connectivity index (χ3v) is 8.20. The van der Waals surface area contributed by atoms with Gasteiger partial charge < -0.3 is 15.1 Å². The van der Waals surface area contributed by atoms with E-state index in [2.05, 4.69) is 10.6 Å². The van der Waals surface area contributed by atoms with Gasteiger partial charge in [0.2, 0.25) is 11.8 Å². The molecule has 5 rings (SSSR count). The molecule has 2 fully saturated rings. The van der Waals surface area contributed by atoms with Crippen molar-refractivity contribution in [2.75, 3.05) is 18.9 Å². The number of rotatable bonds is 6. The smallest absolute Gasteiger partial charge is 0.326 e. The lowest BCUT2D eigenvalue weighted by Crippen LogP contribution is -2.48. The maximum atomic E-state index is 14.5. The molecule has 13 heteroatoms. The van der Waals surface area contributed by atoms with E-state index in [1.807, 2.05) is 0 Å². The maximum absolute atomic E-state index is 14.5. The van der Waals surface area contributed by atoms with Crippen LogP contribution in [0.4, 0.5) is 32.4 Å². The molecule has 1 aliphatic heterocycles. The highest BCUT2D eigenvalue weighted by Gasteiger charge is 2.69. The summed E-state index contributed by atoms with van der Waals surface area (Å²) >= 11 is 0. The predicted molar refractivity (Wildman–Crippen MR) is 131 cm³/mol. The van der Waals surface area contributed by atoms with Crippen molar-refractivity contribution in [3.05, 3.63) is 64.7 Å². The number of hydrogen-bond donors (Lipinski definition) is 2. The summed E-state index contributed by atoms with van der Waals surface area (Å²) in [4.78, 5) is 52.7. The standard InChI is InChI=1S/C27H25F5N4O4/c1-14(19-10-17(28)4-6-20(19)29)36(23(39)25(7-8-25)27(30,31)32)13-21(37)33-18-5-3-15-11-26(12-16(15)9-18)22(38)34-24(40)35(26)2/h3-6,9-10,14H,7-8,11-13H2,1-2H3,(H,33,37)(H,34,38,40)/t14-,26+/m1/s1. The first-order valence-electron chi connectivity index (χ1n) is 12.5. The van der Waals surface area contributed by atoms with Crippen LogP contribution in [-0.2, 0) is 27.2 Å². The molecule has 2 N–H and O–H groups in total. The lowest BCUT2D eigenvalue weighted by Gasteiger charge is -2.33. The molecule has 2 atom stereocenters. The highest BCUT2D eigenvalue weighted by atomic mass is 19.4. The Morgan fingerprint density at radius 3 is 2.35 bits per heavy atom. The van der Waals surface area contributed by atoms with Crippen LogP contribution in [-0.4, -0.2) is 58.9 Å². The highest BCUT2D eigenvalue weighted by Crippen LogP contribution is 2.59. The molecule has 212 valence electrons. The van der Waals surface area contributed by atoms with Crippen LogP contribution >= 0.6 is 0 Å². The molecular weight excluding hydrogens is 539 g/mol. The monoisotopic (exact) mass is 564 g/mol. The average molecular weight is 565 g/mol. The van der Waals surface area contributed by atoms with Crippen LogP contribution in [0.3, 0.4) is 0 Å². The van der Waals surface area contributed by atoms with Crippen LogP contribution in [0.15, 0.2) is 36.4 Å². The molecular formula is C27H25F5N4O4. The fourth-order valence-corrected chi connectivity index (χ4v) is 5.54. The fourth-order valence-electron chi connectivity index (χ4n) is 5.54. The van der Waals surface area contributed by atoms with Crippen LogP contribution < -0.4 is 10.6 Å². The van der Waals surface area contributed by atoms with Gasteiger partial charge in [0, 0.05) is 31.1 Å². The minimum atomic E-state index is -4.88. The molecule has 0 radical (unpaired) electrons. The predicted octanol–water partition coefficient (Wildman–Crippen LogP) is 3.85. The van der Waals surface area contributed by atoms with Gasteiger partial charge in [0.1, 0.15) is 29.1 Å². The second kappa shape index (κ2) is 9.27. The Kier molecular flexibility index (Phi) is 6.38. The molecule has 0 unspecified atom stereocenters. The average Bonchev–Trinajstić information content (AvgIpc) is 3.58. The van der Waals surface area contributed by atoms with E-state index in [4.69, 9.17) is 0 Å². The van der Waals surface area contributed by atoms with Gasteiger partial charge in [0.15, 0.2) is 0 Å². The minimum absolute atomic E-state index is 0.189. The van der Waals surface area contributed by atoms with Crippen LogP contribution in [0.5, 0.6) is 0 Å². The molecule has 8 nitrogen and oxygen atoms in total. The fraction of sp³-hybridized carbons (Fsp3) is 0.407. The molecule has 1 spiro atoms. The molecule has 40 heavy (non-hydrogen) atoms. The van der Waals surface area contributed by atoms with Crippen molar-refractivity contribution in [1.82, 2.24) is 15.1 Å². The van der Waals surface area contributed by atoms with Crippen molar-refractivity contribution in [2.24, 2.45) is 5.41 Å². The number of benzene rings is 2. The van der Waals surface area contributed by atoms with Crippen molar-refractivity contribution < 1.29 is 41.1 Å². The van der Waals surface area contributed by atoms with Crippen LogP contribution in [0.1, 0.15) is 42.5 Å². The molecule has 2 aromatic rings. The first kappa shape index (κ1) is 27.5. The number of likely N-dealkylation sites (N-methyl/N-ethyl adjacent to an activating group) is 1. The molecule has 1 saturated carbocycles. The van der Waals surface area contributed by atoms with Gasteiger partial charge in [-0.05, 0) is 61.2 Å². The van der Waals surface area contributed by atoms with Crippen LogP contribution in [0, 0.1) is 17.0 Å². The van der Waals surface area contributed by atoms with Gasteiger partial charge in [-0.2, -0.15) is 13.2 Å². The van der Waals surface area contributed by atoms with Gasteiger partial charge in [0.05, 0.1) is 6.04 Å². The zero-order chi connectivity index (χ0) is 29.2. The van der Waals surface area contributed by atoms with Crippen molar-refractivity contribution in [1.29, 1.82) is 0 Å². The number of imide groups is 1. The Morgan fingerprint density at radius 1 is 1.07 bits per heavy atom. The third-order valence-electron chi connectivity index (χ3n) is 8.20. The Morgan fingerprint density at radius 2 is 1.75 bits per heavy atom. The summed E-state index contributed by atoms with van der Waals surface area (Å²) in [5.41, 5.74) is -2.42. The Labute approximate surface area is 225 Å². The summed E-state index contributed by atoms with van der Waals surface area (Å²) in [6.07, 6.45) is -5.36. The summed E-state index contributed by atoms with van der Waals surface area (Å²) in [5, 5.41) is 4.83. The van der Waals surface area contributed by atoms with E-state index < -0.39 is 77.9 Å². The second-order valence-corrected chi connectivity index (χ2v) is 10.6. The highest BCUT2D eigenvalue weighted by molar-refractivity contribution is 6.07. The SMILES string of the molecule is C[C@H](c1cc(F)ccc1F)N(CC(=O)Nc1ccc2c(c1)C[C@@]1(C2)C(=O)NC(=O)N1C)C(=O)C1(C(F)(F)F)CC1. The quantitative estimate of drug-likeness (QED) is 0.412. The summed E-state index contributed by atoms with van der Waals surface area (Å²) in [6.45, 7) is 0.378. The number of fused-ring (bicyclic) bond motifs is 1. The molecule has 0 aromatic heterocycles. The zero-order valence-electron chi connectivity index (χ0n) is 21.5. The van der Waals surface area contributed by atoms with E-state index in [0.717, 1.165) is 23.8 Å². The first-order valence-corrected chi connectivity index (χ1v) is 12.5. The minimum Gasteiger partial charge on any atom is -0.326 e. The second-order valence-electron chi connectivity index (χ2n) is 10.6. The van der Waals surface area contributed by atoms with E-state index in [1.54, 1.807) is 12.1 Å². The number of carbonyl (C=O) groups excluding carboxylic acids is 4. The van der Waals surface area contributed by atoms with E-state index in [0.29, 0.717) is 10.5 Å². The van der Waals surface area contributed by atoms with Gasteiger partial charge in [-0.1, -0.05) is 6.07 Å². The van der Waals surface area contributed by atoms with E-state index in [9.17, 15) is 41.1 Å². The topological polar surface area (TPSA) is 98.8 Å². The number of carbonyl (C=O) groups is 4. The number of amides is 5. The normalized spacial score (nSPS) is 21.7. The first-order chi connectivity index (χ1) is 18.7. The molecule has 5 amide bonds. The lowest BCUT2D eigenvalue weighted by atomic mass is 9.95. The van der Waals surface area contributed by atoms with Gasteiger partial charge in [0.25, 0.3) is 5.91 Å². The number of hydrogen-bond acceptors (Lipinski definition) is 4. The van der Waals surface area contributed by atoms with Crippen molar-refractivity contribution >= 4 is 29.4 Å². The van der Waals surface area contributed by atoms with E-state index >= 15 is 0 Å². The van der Waals surface area contributed by atoms with Crippen molar-refractivity contribution in [2.45, 2.75) is 50.4 Å². The Balaban J connectivity index is 1.38. The number of nitrogens with zero attached hydrogens (tertiary/aromatic N) is 2. The summed E-state index contributed by atoms with van der Waals surface area (Å²) in [7, 11) is 1.51. The zero-order valence-corrected chi connectivity index (χ0v) is 21.5. The van der Waals surface area contributed by atoms with Gasteiger partial charge in [-0.3, -0.25) is 19.7 Å². The van der Waals surface area contributed by atoms with E-state index in [-0.39, 0.29) is 24.1 Å².